The number of benzene rings is 1. The summed E-state index contributed by atoms with van der Waals surface area (Å²) in [7, 11) is 1.44. The minimum Gasteiger partial charge on any atom is -0.591 e. The Labute approximate surface area is 116 Å². The number of nitrogens with zero attached hydrogens (tertiary/aromatic N) is 2. The molecule has 2 rings (SSSR count). The van der Waals surface area contributed by atoms with E-state index in [1.54, 1.807) is 42.8 Å². The number of azo groups is 1. The highest BCUT2D eigenvalue weighted by Crippen LogP contribution is 2.18. The van der Waals surface area contributed by atoms with Crippen molar-refractivity contribution in [3.05, 3.63) is 71.4 Å². The molecule has 1 amide bonds. The third-order valence-corrected chi connectivity index (χ3v) is 2.57. The summed E-state index contributed by atoms with van der Waals surface area (Å²) in [6, 6.07) is 6.49. The highest BCUT2D eigenvalue weighted by Gasteiger charge is 2.20. The Hall–Kier alpha value is -2.89. The van der Waals surface area contributed by atoms with Crippen molar-refractivity contribution in [2.75, 3.05) is 7.11 Å². The smallest absolute Gasteiger partial charge is 0.459 e. The lowest BCUT2D eigenvalue weighted by molar-refractivity contribution is -0.424. The number of ether oxygens (including phenoxy) is 1. The first-order valence-electron chi connectivity index (χ1n) is 5.87. The number of rotatable bonds is 3. The molecule has 6 nitrogen and oxygen atoms in total. The number of hydrogen-bond donors (Lipinski definition) is 1. The minimum atomic E-state index is -0.777. The van der Waals surface area contributed by atoms with Crippen molar-refractivity contribution < 1.29 is 14.4 Å². The third kappa shape index (κ3) is 3.11. The second-order valence-corrected chi connectivity index (χ2v) is 3.86. The van der Waals surface area contributed by atoms with Gasteiger partial charge in [-0.2, -0.15) is 0 Å². The van der Waals surface area contributed by atoms with Crippen LogP contribution in [0.15, 0.2) is 65.7 Å². The predicted molar refractivity (Wildman–Crippen MR) is 72.9 cm³/mol. The number of carbonyl (C=O) groups is 1. The van der Waals surface area contributed by atoms with E-state index in [-0.39, 0.29) is 10.4 Å². The lowest BCUT2D eigenvalue weighted by atomic mass is 10.2. The van der Waals surface area contributed by atoms with Crippen LogP contribution in [0.25, 0.3) is 0 Å². The van der Waals surface area contributed by atoms with Gasteiger partial charge in [0.05, 0.1) is 7.11 Å². The number of allylic oxidation sites excluding steroid dienone is 3. The van der Waals surface area contributed by atoms with E-state index in [4.69, 9.17) is 4.74 Å². The molecule has 1 aliphatic heterocycles. The van der Waals surface area contributed by atoms with Gasteiger partial charge >= 0.3 is 5.91 Å². The van der Waals surface area contributed by atoms with Gasteiger partial charge in [0.25, 0.3) is 0 Å². The van der Waals surface area contributed by atoms with Crippen molar-refractivity contribution >= 4 is 5.91 Å². The second-order valence-electron chi connectivity index (χ2n) is 3.86. The molecule has 102 valence electrons. The summed E-state index contributed by atoms with van der Waals surface area (Å²) in [5.41, 5.74) is 0.876. The van der Waals surface area contributed by atoms with Crippen LogP contribution in [-0.4, -0.2) is 17.9 Å². The summed E-state index contributed by atoms with van der Waals surface area (Å²) in [6.45, 7) is 0. The van der Waals surface area contributed by atoms with E-state index in [2.05, 4.69) is 10.4 Å². The van der Waals surface area contributed by atoms with Crippen LogP contribution < -0.4 is 10.1 Å². The van der Waals surface area contributed by atoms with Gasteiger partial charge in [-0.05, 0) is 29.1 Å². The molecule has 0 saturated carbocycles. The topological polar surface area (TPSA) is 76.8 Å². The van der Waals surface area contributed by atoms with Crippen molar-refractivity contribution in [2.45, 2.75) is 0 Å². The number of carbonyl (C=O) groups excluding carboxylic acids is 1. The zero-order valence-corrected chi connectivity index (χ0v) is 10.8. The zero-order chi connectivity index (χ0) is 14.4. The highest BCUT2D eigenvalue weighted by molar-refractivity contribution is 5.90. The summed E-state index contributed by atoms with van der Waals surface area (Å²) in [5, 5.41) is 18.1. The molecule has 0 aromatic heterocycles. The monoisotopic (exact) mass is 271 g/mol. The van der Waals surface area contributed by atoms with Gasteiger partial charge in [0.15, 0.2) is 0 Å². The van der Waals surface area contributed by atoms with Gasteiger partial charge in [-0.15, -0.1) is 0 Å². The fraction of sp³-hybridized carbons (Fsp3) is 0.0714. The quantitative estimate of drug-likeness (QED) is 0.520. The number of hydrogen-bond acceptors (Lipinski definition) is 5. The van der Waals surface area contributed by atoms with Gasteiger partial charge in [0.2, 0.25) is 0 Å². The fourth-order valence-corrected chi connectivity index (χ4v) is 1.58. The van der Waals surface area contributed by atoms with Crippen LogP contribution in [0.1, 0.15) is 10.4 Å². The molecule has 0 atom stereocenters. The molecule has 1 aromatic rings. The standard InChI is InChI=1S/C14H13N3O3/c1-20-13-5-3-2-4-12(13)14(18)17(19)16-10-11-6-8-15-9-7-11/h2-10,15H,1H3. The van der Waals surface area contributed by atoms with Gasteiger partial charge in [-0.1, -0.05) is 12.1 Å². The van der Waals surface area contributed by atoms with Crippen LogP contribution in [0.5, 0.6) is 5.75 Å². The molecule has 0 spiro atoms. The molecule has 1 aromatic carbocycles. The number of dihydropyridines is 1. The molecular formula is C14H13N3O3. The zero-order valence-electron chi connectivity index (χ0n) is 10.8. The molecule has 1 N–H and O–H groups in total. The fourth-order valence-electron chi connectivity index (χ4n) is 1.58. The molecule has 0 bridgehead atoms. The molecule has 1 aliphatic rings. The predicted octanol–water partition coefficient (Wildman–Crippen LogP) is 2.31. The van der Waals surface area contributed by atoms with Crippen LogP contribution in [0.3, 0.4) is 0 Å². The van der Waals surface area contributed by atoms with E-state index in [0.717, 1.165) is 0 Å². The van der Waals surface area contributed by atoms with Crippen LogP contribution in [-0.2, 0) is 0 Å². The summed E-state index contributed by atoms with van der Waals surface area (Å²) >= 11 is 0. The average molecular weight is 271 g/mol. The first kappa shape index (κ1) is 13.5. The Morgan fingerprint density at radius 2 is 2.05 bits per heavy atom. The molecule has 20 heavy (non-hydrogen) atoms. The molecular weight excluding hydrogens is 258 g/mol. The average Bonchev–Trinajstić information content (AvgIpc) is 2.52. The van der Waals surface area contributed by atoms with Gasteiger partial charge in [0.1, 0.15) is 17.5 Å². The summed E-state index contributed by atoms with van der Waals surface area (Å²) in [5.74, 6) is -0.441. The summed E-state index contributed by atoms with van der Waals surface area (Å²) < 4.78 is 5.04. The highest BCUT2D eigenvalue weighted by atomic mass is 16.5. The third-order valence-electron chi connectivity index (χ3n) is 2.57. The minimum absolute atomic E-state index is 0.0363. The lowest BCUT2D eigenvalue weighted by Gasteiger charge is -2.04. The normalized spacial score (nSPS) is 13.8. The number of para-hydroxylation sites is 1. The first-order valence-corrected chi connectivity index (χ1v) is 5.87. The van der Waals surface area contributed by atoms with Crippen molar-refractivity contribution in [3.63, 3.8) is 0 Å². The summed E-state index contributed by atoms with van der Waals surface area (Å²) in [6.07, 6.45) is 8.15. The van der Waals surface area contributed by atoms with E-state index in [1.807, 2.05) is 0 Å². The SMILES string of the molecule is COc1ccccc1C(=O)[N+]([O-])=NC=C1C=CNC=C1. The Morgan fingerprint density at radius 3 is 2.75 bits per heavy atom. The van der Waals surface area contributed by atoms with Crippen molar-refractivity contribution in [2.24, 2.45) is 5.11 Å². The number of hydroxylamine groups is 1. The molecule has 0 radical (unpaired) electrons. The van der Waals surface area contributed by atoms with Gasteiger partial charge < -0.3 is 15.3 Å². The molecule has 0 aliphatic carbocycles. The molecule has 1 heterocycles. The largest absolute Gasteiger partial charge is 0.591 e. The van der Waals surface area contributed by atoms with E-state index in [0.29, 0.717) is 11.3 Å². The molecule has 0 saturated heterocycles. The Morgan fingerprint density at radius 1 is 1.35 bits per heavy atom. The van der Waals surface area contributed by atoms with Crippen molar-refractivity contribution in [1.29, 1.82) is 0 Å². The van der Waals surface area contributed by atoms with Crippen LogP contribution in [0, 0.1) is 5.21 Å². The Kier molecular flexibility index (Phi) is 4.28. The Balaban J connectivity index is 2.22. The van der Waals surface area contributed by atoms with E-state index < -0.39 is 5.91 Å². The van der Waals surface area contributed by atoms with Gasteiger partial charge in [-0.3, -0.25) is 0 Å². The lowest BCUT2D eigenvalue weighted by Crippen LogP contribution is -2.13. The van der Waals surface area contributed by atoms with Crippen LogP contribution in [0.4, 0.5) is 0 Å². The maximum Gasteiger partial charge on any atom is 0.459 e. The van der Waals surface area contributed by atoms with Crippen molar-refractivity contribution in [1.82, 2.24) is 5.32 Å². The van der Waals surface area contributed by atoms with Gasteiger partial charge in [0, 0.05) is 23.1 Å². The van der Waals surface area contributed by atoms with Gasteiger partial charge in [-0.25, -0.2) is 4.79 Å². The molecule has 0 fully saturated rings. The van der Waals surface area contributed by atoms with E-state index in [9.17, 15) is 10.0 Å². The Bertz CT molecular complexity index is 616. The maximum atomic E-state index is 12.0. The first-order chi connectivity index (χ1) is 9.72. The molecule has 0 unspecified atom stereocenters. The van der Waals surface area contributed by atoms with Crippen LogP contribution >= 0.6 is 0 Å². The maximum absolute atomic E-state index is 12.0. The number of methoxy groups -OCH3 is 1. The van der Waals surface area contributed by atoms with Crippen molar-refractivity contribution in [3.8, 4) is 5.75 Å². The second kappa shape index (κ2) is 6.33. The number of amides is 1. The van der Waals surface area contributed by atoms with E-state index >= 15 is 0 Å². The van der Waals surface area contributed by atoms with Crippen LogP contribution in [0.2, 0.25) is 0 Å². The van der Waals surface area contributed by atoms with E-state index in [1.165, 1.54) is 19.4 Å². The summed E-state index contributed by atoms with van der Waals surface area (Å²) in [4.78, 5) is 12.0. The number of nitrogens with one attached hydrogen (secondary N) is 1. The molecule has 6 heteroatoms.